The number of nitrogens with two attached hydrogens (primary N) is 2. The summed E-state index contributed by atoms with van der Waals surface area (Å²) >= 11 is 0. The molecule has 1 heterocycles. The second-order valence-corrected chi connectivity index (χ2v) is 8.12. The molecule has 0 aliphatic heterocycles. The maximum atomic E-state index is 12.4. The summed E-state index contributed by atoms with van der Waals surface area (Å²) in [5, 5.41) is 35.4. The zero-order valence-electron chi connectivity index (χ0n) is 21.1. The van der Waals surface area contributed by atoms with Gasteiger partial charge in [-0.05, 0) is 6.92 Å². The van der Waals surface area contributed by atoms with Crippen molar-refractivity contribution in [2.24, 2.45) is 0 Å². The first-order valence-electron chi connectivity index (χ1n) is 11.4. The molecule has 0 bridgehead atoms. The van der Waals surface area contributed by atoms with Gasteiger partial charge < -0.3 is 48.1 Å². The summed E-state index contributed by atoms with van der Waals surface area (Å²) in [5.41, 5.74) is 10.4. The molecule has 0 fully saturated rings. The van der Waals surface area contributed by atoms with Crippen molar-refractivity contribution in [1.82, 2.24) is 31.2 Å². The molecule has 0 spiro atoms. The van der Waals surface area contributed by atoms with E-state index in [1.54, 1.807) is 0 Å². The normalized spacial score (nSPS) is 11.8. The third kappa shape index (κ3) is 10.9. The molecule has 11 N–H and O–H groups in total. The molecule has 2 atom stereocenters. The van der Waals surface area contributed by atoms with Crippen LogP contribution in [0, 0.1) is 0 Å². The van der Waals surface area contributed by atoms with E-state index in [1.807, 2.05) is 5.32 Å². The summed E-state index contributed by atoms with van der Waals surface area (Å²) in [6.45, 7) is 0.556. The Kier molecular flexibility index (Phi) is 12.4. The minimum absolute atomic E-state index is 0.280. The maximum absolute atomic E-state index is 12.4. The van der Waals surface area contributed by atoms with Gasteiger partial charge in [-0.2, -0.15) is 0 Å². The largest absolute Gasteiger partial charge is 0.481 e. The minimum Gasteiger partial charge on any atom is -0.481 e. The average molecular weight is 569 g/mol. The van der Waals surface area contributed by atoms with E-state index in [9.17, 15) is 38.4 Å². The Hall–Kier alpha value is -5.36. The number of anilines is 2. The fourth-order valence-electron chi connectivity index (χ4n) is 2.94. The van der Waals surface area contributed by atoms with Crippen LogP contribution in [0.1, 0.15) is 53.6 Å². The van der Waals surface area contributed by atoms with Crippen molar-refractivity contribution in [3.63, 3.8) is 0 Å². The van der Waals surface area contributed by atoms with E-state index in [0.717, 1.165) is 6.92 Å². The van der Waals surface area contributed by atoms with E-state index in [-0.39, 0.29) is 19.5 Å². The lowest BCUT2D eigenvalue weighted by atomic mass is 10.1. The standard InChI is InChI=1S/C21H28N8O11/c1-8(30)6-9(20(37)38)26-11(31)2-4-24-18(35)14-16(22)29-15(17(23)28-14)19(36)25-5-3-12(32)27-10(21(39)40)7-13(33)34/h9-10H,2-7H2,1H3,(H2,22,29)(H2,23,28)(H,24,35)(H,25,36)(H,26,31)(H,27,32)(H,33,34)(H,37,38)(H,39,40)/t9-,10-/m1/s1. The molecule has 40 heavy (non-hydrogen) atoms. The highest BCUT2D eigenvalue weighted by molar-refractivity contribution is 6.01. The summed E-state index contributed by atoms with van der Waals surface area (Å²) < 4.78 is 0. The van der Waals surface area contributed by atoms with Gasteiger partial charge in [-0.15, -0.1) is 0 Å². The lowest BCUT2D eigenvalue weighted by Gasteiger charge is -2.14. The van der Waals surface area contributed by atoms with Crippen molar-refractivity contribution < 1.29 is 53.7 Å². The van der Waals surface area contributed by atoms with Crippen LogP contribution >= 0.6 is 0 Å². The molecule has 0 saturated carbocycles. The highest BCUT2D eigenvalue weighted by atomic mass is 16.4. The van der Waals surface area contributed by atoms with Gasteiger partial charge in [-0.3, -0.25) is 28.8 Å². The third-order valence-corrected chi connectivity index (χ3v) is 4.79. The van der Waals surface area contributed by atoms with Gasteiger partial charge in [0.25, 0.3) is 11.8 Å². The average Bonchev–Trinajstić information content (AvgIpc) is 2.83. The number of carbonyl (C=O) groups excluding carboxylic acids is 5. The third-order valence-electron chi connectivity index (χ3n) is 4.79. The predicted molar refractivity (Wildman–Crippen MR) is 131 cm³/mol. The van der Waals surface area contributed by atoms with E-state index in [1.165, 1.54) is 0 Å². The highest BCUT2D eigenvalue weighted by Crippen LogP contribution is 2.13. The van der Waals surface area contributed by atoms with E-state index >= 15 is 0 Å². The number of ketones is 1. The van der Waals surface area contributed by atoms with Crippen LogP contribution in [0.25, 0.3) is 0 Å². The molecule has 0 saturated heterocycles. The number of aromatic nitrogens is 2. The van der Waals surface area contributed by atoms with Crippen LogP contribution in [0.4, 0.5) is 11.6 Å². The number of Topliss-reactive ketones (excluding diaryl/α,β-unsaturated/α-hetero) is 1. The van der Waals surface area contributed by atoms with E-state index in [4.69, 9.17) is 26.8 Å². The van der Waals surface area contributed by atoms with Crippen LogP contribution in [0.15, 0.2) is 0 Å². The summed E-state index contributed by atoms with van der Waals surface area (Å²) in [4.78, 5) is 99.8. The number of carboxylic acid groups (broad SMARTS) is 3. The molecule has 0 aromatic carbocycles. The van der Waals surface area contributed by atoms with Crippen LogP contribution in [0.3, 0.4) is 0 Å². The van der Waals surface area contributed by atoms with Crippen molar-refractivity contribution in [2.75, 3.05) is 24.6 Å². The molecule has 1 aromatic heterocycles. The molecule has 1 rings (SSSR count). The van der Waals surface area contributed by atoms with Gasteiger partial charge >= 0.3 is 17.9 Å². The van der Waals surface area contributed by atoms with Gasteiger partial charge in [0.1, 0.15) is 17.9 Å². The summed E-state index contributed by atoms with van der Waals surface area (Å²) in [7, 11) is 0. The first-order valence-corrected chi connectivity index (χ1v) is 11.4. The smallest absolute Gasteiger partial charge is 0.326 e. The number of nitrogens with zero attached hydrogens (tertiary/aromatic N) is 2. The number of carboxylic acids is 3. The van der Waals surface area contributed by atoms with E-state index in [2.05, 4.69) is 25.9 Å². The Labute approximate surface area is 225 Å². The number of nitrogen functional groups attached to an aromatic ring is 2. The van der Waals surface area contributed by atoms with Gasteiger partial charge in [-0.1, -0.05) is 0 Å². The van der Waals surface area contributed by atoms with E-state index < -0.39 is 102 Å². The number of aliphatic carboxylic acids is 3. The van der Waals surface area contributed by atoms with Gasteiger partial charge in [0.2, 0.25) is 11.8 Å². The fourth-order valence-corrected chi connectivity index (χ4v) is 2.94. The van der Waals surface area contributed by atoms with Crippen LogP contribution in [0.5, 0.6) is 0 Å². The van der Waals surface area contributed by atoms with Gasteiger partial charge in [-0.25, -0.2) is 19.6 Å². The molecular weight excluding hydrogens is 540 g/mol. The van der Waals surface area contributed by atoms with Crippen molar-refractivity contribution in [2.45, 2.75) is 44.7 Å². The second kappa shape index (κ2) is 15.1. The van der Waals surface area contributed by atoms with Crippen LogP contribution in [-0.2, 0) is 28.8 Å². The van der Waals surface area contributed by atoms with Gasteiger partial charge in [0.15, 0.2) is 23.0 Å². The van der Waals surface area contributed by atoms with Crippen LogP contribution in [-0.4, -0.2) is 97.8 Å². The first-order chi connectivity index (χ1) is 18.6. The molecule has 0 aliphatic rings. The Balaban J connectivity index is 2.66. The number of nitrogens with one attached hydrogen (secondary N) is 4. The molecule has 0 aliphatic carbocycles. The molecule has 218 valence electrons. The number of carbonyl (C=O) groups is 8. The molecular formula is C21H28N8O11. The topological polar surface area (TPSA) is 323 Å². The molecule has 0 unspecified atom stereocenters. The fraction of sp³-hybridized carbons (Fsp3) is 0.429. The molecule has 0 radical (unpaired) electrons. The van der Waals surface area contributed by atoms with Crippen molar-refractivity contribution in [3.05, 3.63) is 11.4 Å². The lowest BCUT2D eigenvalue weighted by Crippen LogP contribution is -2.43. The number of rotatable bonds is 16. The monoisotopic (exact) mass is 568 g/mol. The number of hydrogen-bond donors (Lipinski definition) is 9. The molecule has 19 heteroatoms. The van der Waals surface area contributed by atoms with Crippen LogP contribution < -0.4 is 32.7 Å². The Bertz CT molecular complexity index is 1110. The van der Waals surface area contributed by atoms with Gasteiger partial charge in [0.05, 0.1) is 6.42 Å². The lowest BCUT2D eigenvalue weighted by molar-refractivity contribution is -0.147. The van der Waals surface area contributed by atoms with Crippen molar-refractivity contribution in [1.29, 1.82) is 0 Å². The zero-order chi connectivity index (χ0) is 30.6. The summed E-state index contributed by atoms with van der Waals surface area (Å²) in [6.07, 6.45) is -2.04. The predicted octanol–water partition coefficient (Wildman–Crippen LogP) is -3.53. The highest BCUT2D eigenvalue weighted by Gasteiger charge is 2.24. The molecule has 4 amide bonds. The van der Waals surface area contributed by atoms with Crippen LogP contribution in [0.2, 0.25) is 0 Å². The van der Waals surface area contributed by atoms with Crippen molar-refractivity contribution in [3.8, 4) is 0 Å². The molecule has 19 nitrogen and oxygen atoms in total. The van der Waals surface area contributed by atoms with E-state index in [0.29, 0.717) is 0 Å². The van der Waals surface area contributed by atoms with Crippen molar-refractivity contribution >= 4 is 59.0 Å². The maximum Gasteiger partial charge on any atom is 0.326 e. The van der Waals surface area contributed by atoms with Gasteiger partial charge in [0, 0.05) is 32.4 Å². The summed E-state index contributed by atoms with van der Waals surface area (Å²) in [6, 6.07) is -3.09. The Morgan fingerprint density at radius 1 is 0.700 bits per heavy atom. The number of amides is 4. The quantitative estimate of drug-likeness (QED) is 0.0932. The number of hydrogen-bond acceptors (Lipinski definition) is 12. The first kappa shape index (κ1) is 32.7. The Morgan fingerprint density at radius 3 is 1.40 bits per heavy atom. The SMILES string of the molecule is CC(=O)C[C@@H](NC(=O)CCNC(=O)c1nc(N)c(C(=O)NCCC(=O)N[C@H](CC(=O)O)C(=O)O)nc1N)C(=O)O. The zero-order valence-corrected chi connectivity index (χ0v) is 21.1. The Morgan fingerprint density at radius 2 is 1.07 bits per heavy atom. The molecule has 1 aromatic rings. The summed E-state index contributed by atoms with van der Waals surface area (Å²) in [5.74, 6) is -9.33. The minimum atomic E-state index is -1.66. The second-order valence-electron chi connectivity index (χ2n) is 8.12.